The molecule has 6 heteroatoms. The first-order chi connectivity index (χ1) is 17.8. The standard InChI is InChI=1S/C33H57NO5/c1-14-15-16-24(22-18-25(31(4,5)6)28(35)26(19-22)32(7,8)9)27(29(36)38-13)30(37)39-23(17-21(2)3)20-33(10,11)34-12/h18-19,21,23-24,27,34-35H,14-17,20H2,1-13H3. The lowest BCUT2D eigenvalue weighted by atomic mass is 9.74. The summed E-state index contributed by atoms with van der Waals surface area (Å²) in [5.74, 6) is -2.06. The molecule has 0 radical (unpaired) electrons. The van der Waals surface area contributed by atoms with Gasteiger partial charge >= 0.3 is 11.9 Å². The first-order valence-electron chi connectivity index (χ1n) is 14.6. The van der Waals surface area contributed by atoms with Gasteiger partial charge in [-0.05, 0) is 67.2 Å². The fraction of sp³-hybridized carbons (Fsp3) is 0.758. The maximum Gasteiger partial charge on any atom is 0.321 e. The van der Waals surface area contributed by atoms with Crippen molar-refractivity contribution in [3.63, 3.8) is 0 Å². The number of rotatable bonds is 13. The van der Waals surface area contributed by atoms with Crippen LogP contribution < -0.4 is 5.32 Å². The summed E-state index contributed by atoms with van der Waals surface area (Å²) in [5, 5.41) is 14.6. The molecule has 0 fully saturated rings. The van der Waals surface area contributed by atoms with E-state index in [1.807, 2.05) is 19.2 Å². The molecule has 6 nitrogen and oxygen atoms in total. The van der Waals surface area contributed by atoms with Crippen LogP contribution >= 0.6 is 0 Å². The third-order valence-corrected chi connectivity index (χ3v) is 7.59. The molecule has 0 bridgehead atoms. The smallest absolute Gasteiger partial charge is 0.321 e. The average Bonchev–Trinajstić information content (AvgIpc) is 2.79. The highest BCUT2D eigenvalue weighted by Crippen LogP contribution is 2.43. The van der Waals surface area contributed by atoms with Crippen LogP contribution in [-0.2, 0) is 29.9 Å². The zero-order chi connectivity index (χ0) is 30.3. The van der Waals surface area contributed by atoms with E-state index in [-0.39, 0.29) is 28.2 Å². The lowest BCUT2D eigenvalue weighted by Gasteiger charge is -2.33. The first kappa shape index (κ1) is 34.9. The number of hydrogen-bond acceptors (Lipinski definition) is 6. The minimum atomic E-state index is -1.10. The van der Waals surface area contributed by atoms with E-state index < -0.39 is 23.8 Å². The van der Waals surface area contributed by atoms with Crippen LogP contribution in [0, 0.1) is 11.8 Å². The van der Waals surface area contributed by atoms with Crippen LogP contribution in [0.2, 0.25) is 0 Å². The normalized spacial score (nSPS) is 15.1. The Bertz CT molecular complexity index is 917. The molecule has 2 N–H and O–H groups in total. The Balaban J connectivity index is 3.75. The van der Waals surface area contributed by atoms with Gasteiger partial charge in [0.25, 0.3) is 0 Å². The molecule has 0 aliphatic carbocycles. The Hall–Kier alpha value is -2.08. The fourth-order valence-corrected chi connectivity index (χ4v) is 5.12. The number of ether oxygens (including phenoxy) is 2. The van der Waals surface area contributed by atoms with Gasteiger partial charge in [0.15, 0.2) is 5.92 Å². The Morgan fingerprint density at radius 2 is 1.46 bits per heavy atom. The van der Waals surface area contributed by atoms with Crippen LogP contribution in [0.4, 0.5) is 0 Å². The number of benzene rings is 1. The van der Waals surface area contributed by atoms with Gasteiger partial charge in [-0.15, -0.1) is 0 Å². The highest BCUT2D eigenvalue weighted by atomic mass is 16.6. The Morgan fingerprint density at radius 1 is 0.949 bits per heavy atom. The summed E-state index contributed by atoms with van der Waals surface area (Å²) < 4.78 is 11.4. The summed E-state index contributed by atoms with van der Waals surface area (Å²) in [6.07, 6.45) is 3.37. The molecule has 0 heterocycles. The van der Waals surface area contributed by atoms with Crippen molar-refractivity contribution >= 4 is 11.9 Å². The highest BCUT2D eigenvalue weighted by Gasteiger charge is 2.41. The van der Waals surface area contributed by atoms with Gasteiger partial charge in [0.2, 0.25) is 0 Å². The second-order valence-corrected chi connectivity index (χ2v) is 14.2. The molecule has 3 unspecified atom stereocenters. The summed E-state index contributed by atoms with van der Waals surface area (Å²) in [6.45, 7) is 22.8. The van der Waals surface area contributed by atoms with Gasteiger partial charge in [0, 0.05) is 17.9 Å². The van der Waals surface area contributed by atoms with Gasteiger partial charge in [-0.25, -0.2) is 0 Å². The number of unbranched alkanes of at least 4 members (excludes halogenated alkanes) is 1. The van der Waals surface area contributed by atoms with E-state index in [1.54, 1.807) is 0 Å². The third kappa shape index (κ3) is 10.1. The number of methoxy groups -OCH3 is 1. The molecule has 0 amide bonds. The average molecular weight is 548 g/mol. The molecule has 1 rings (SSSR count). The van der Waals surface area contributed by atoms with Crippen molar-refractivity contribution in [3.05, 3.63) is 28.8 Å². The topological polar surface area (TPSA) is 84.9 Å². The number of esters is 2. The first-order valence-corrected chi connectivity index (χ1v) is 14.6. The maximum atomic E-state index is 13.9. The van der Waals surface area contributed by atoms with Crippen molar-refractivity contribution in [1.29, 1.82) is 0 Å². The summed E-state index contributed by atoms with van der Waals surface area (Å²) >= 11 is 0. The van der Waals surface area contributed by atoms with Crippen LogP contribution in [0.15, 0.2) is 12.1 Å². The van der Waals surface area contributed by atoms with Crippen molar-refractivity contribution in [2.75, 3.05) is 14.2 Å². The van der Waals surface area contributed by atoms with Gasteiger partial charge in [-0.2, -0.15) is 0 Å². The number of carbonyl (C=O) groups excluding carboxylic acids is 2. The molecule has 0 aliphatic rings. The molecule has 0 aliphatic heterocycles. The lowest BCUT2D eigenvalue weighted by molar-refractivity contribution is -0.166. The van der Waals surface area contributed by atoms with Crippen molar-refractivity contribution in [2.24, 2.45) is 11.8 Å². The lowest BCUT2D eigenvalue weighted by Crippen LogP contribution is -2.42. The van der Waals surface area contributed by atoms with Crippen molar-refractivity contribution in [2.45, 2.75) is 137 Å². The predicted molar refractivity (Wildman–Crippen MR) is 160 cm³/mol. The largest absolute Gasteiger partial charge is 0.507 e. The van der Waals surface area contributed by atoms with E-state index in [1.165, 1.54) is 7.11 Å². The second-order valence-electron chi connectivity index (χ2n) is 14.2. The number of aromatic hydroxyl groups is 1. The number of phenols is 1. The predicted octanol–water partition coefficient (Wildman–Crippen LogP) is 7.40. The van der Waals surface area contributed by atoms with Gasteiger partial charge < -0.3 is 19.9 Å². The molecule has 0 saturated heterocycles. The summed E-state index contributed by atoms with van der Waals surface area (Å²) in [7, 11) is 3.23. The summed E-state index contributed by atoms with van der Waals surface area (Å²) in [5.41, 5.74) is 1.56. The molecule has 1 aromatic rings. The van der Waals surface area contributed by atoms with E-state index in [9.17, 15) is 14.7 Å². The van der Waals surface area contributed by atoms with E-state index in [0.717, 1.165) is 29.5 Å². The van der Waals surface area contributed by atoms with Crippen molar-refractivity contribution in [1.82, 2.24) is 5.32 Å². The number of nitrogens with one attached hydrogen (secondary N) is 1. The quantitative estimate of drug-likeness (QED) is 0.198. The minimum Gasteiger partial charge on any atom is -0.507 e. The summed E-state index contributed by atoms with van der Waals surface area (Å²) in [6, 6.07) is 3.95. The zero-order valence-electron chi connectivity index (χ0n) is 27.1. The third-order valence-electron chi connectivity index (χ3n) is 7.59. The molecule has 1 aromatic carbocycles. The van der Waals surface area contributed by atoms with Crippen LogP contribution in [0.5, 0.6) is 5.75 Å². The van der Waals surface area contributed by atoms with Crippen LogP contribution in [0.3, 0.4) is 0 Å². The number of carbonyl (C=O) groups is 2. The van der Waals surface area contributed by atoms with Crippen LogP contribution in [0.1, 0.15) is 131 Å². The molecule has 0 saturated carbocycles. The van der Waals surface area contributed by atoms with Gasteiger partial charge in [-0.1, -0.05) is 87.3 Å². The molecule has 39 heavy (non-hydrogen) atoms. The molecular weight excluding hydrogens is 490 g/mol. The molecular formula is C33H57NO5. The van der Waals surface area contributed by atoms with Crippen molar-refractivity contribution in [3.8, 4) is 5.75 Å². The van der Waals surface area contributed by atoms with E-state index in [2.05, 4.69) is 81.5 Å². The van der Waals surface area contributed by atoms with Crippen LogP contribution in [-0.4, -0.2) is 42.8 Å². The molecule has 0 aromatic heterocycles. The zero-order valence-corrected chi connectivity index (χ0v) is 27.1. The SMILES string of the molecule is CCCCC(c1cc(C(C)(C)C)c(O)c(C(C)(C)C)c1)C(C(=O)OC)C(=O)OC(CC(C)C)CC(C)(C)NC. The Labute approximate surface area is 238 Å². The number of hydrogen-bond donors (Lipinski definition) is 2. The summed E-state index contributed by atoms with van der Waals surface area (Å²) in [4.78, 5) is 27.2. The van der Waals surface area contributed by atoms with Crippen LogP contribution in [0.25, 0.3) is 0 Å². The monoisotopic (exact) mass is 547 g/mol. The van der Waals surface area contributed by atoms with Crippen molar-refractivity contribution < 1.29 is 24.2 Å². The van der Waals surface area contributed by atoms with Gasteiger partial charge in [-0.3, -0.25) is 9.59 Å². The van der Waals surface area contributed by atoms with E-state index in [4.69, 9.17) is 9.47 Å². The molecule has 0 spiro atoms. The highest BCUT2D eigenvalue weighted by molar-refractivity contribution is 5.96. The molecule has 224 valence electrons. The molecule has 3 atom stereocenters. The fourth-order valence-electron chi connectivity index (χ4n) is 5.12. The maximum absolute atomic E-state index is 13.9. The van der Waals surface area contributed by atoms with E-state index >= 15 is 0 Å². The van der Waals surface area contributed by atoms with E-state index in [0.29, 0.717) is 25.2 Å². The number of phenolic OH excluding ortho intramolecular Hbond substituents is 1. The van der Waals surface area contributed by atoms with Gasteiger partial charge in [0.1, 0.15) is 11.9 Å². The Morgan fingerprint density at radius 3 is 1.85 bits per heavy atom. The van der Waals surface area contributed by atoms with Gasteiger partial charge in [0.05, 0.1) is 7.11 Å². The Kier molecular flexibility index (Phi) is 12.6. The second kappa shape index (κ2) is 14.0. The minimum absolute atomic E-state index is 0.234.